The lowest BCUT2D eigenvalue weighted by Crippen LogP contribution is -2.23. The maximum absolute atomic E-state index is 12.5. The van der Waals surface area contributed by atoms with Gasteiger partial charge in [-0.2, -0.15) is 0 Å². The van der Waals surface area contributed by atoms with Gasteiger partial charge in [0, 0.05) is 18.7 Å². The Balaban J connectivity index is 1.58. The standard InChI is InChI=1S/C21H25NO2S2/c1-2-24-15-19-7-4-3-6-18(19)14-22-20(23)16-8-10-17(11-9-16)21-25-12-5-13-26-21/h3-4,6-11,21H,2,5,12-15H2,1H3,(H,22,23). The first-order valence-electron chi connectivity index (χ1n) is 9.04. The molecule has 0 aromatic heterocycles. The number of ether oxygens (including phenoxy) is 1. The van der Waals surface area contributed by atoms with E-state index in [4.69, 9.17) is 4.74 Å². The van der Waals surface area contributed by atoms with E-state index < -0.39 is 0 Å². The van der Waals surface area contributed by atoms with Crippen LogP contribution in [0.5, 0.6) is 0 Å². The van der Waals surface area contributed by atoms with Crippen LogP contribution in [0.2, 0.25) is 0 Å². The van der Waals surface area contributed by atoms with Crippen LogP contribution in [0.25, 0.3) is 0 Å². The van der Waals surface area contributed by atoms with Gasteiger partial charge in [0.2, 0.25) is 0 Å². The molecule has 0 spiro atoms. The summed E-state index contributed by atoms with van der Waals surface area (Å²) in [6, 6.07) is 16.1. The molecule has 1 fully saturated rings. The van der Waals surface area contributed by atoms with E-state index in [9.17, 15) is 4.79 Å². The Morgan fingerprint density at radius 3 is 2.46 bits per heavy atom. The van der Waals surface area contributed by atoms with E-state index in [1.807, 2.05) is 66.8 Å². The molecule has 3 nitrogen and oxygen atoms in total. The minimum Gasteiger partial charge on any atom is -0.377 e. The highest BCUT2D eigenvalue weighted by Gasteiger charge is 2.17. The monoisotopic (exact) mass is 387 g/mol. The van der Waals surface area contributed by atoms with Gasteiger partial charge in [-0.3, -0.25) is 4.79 Å². The lowest BCUT2D eigenvalue weighted by Gasteiger charge is -2.21. The highest BCUT2D eigenvalue weighted by Crippen LogP contribution is 2.43. The van der Waals surface area contributed by atoms with Gasteiger partial charge in [-0.15, -0.1) is 23.5 Å². The Labute approximate surface area is 164 Å². The summed E-state index contributed by atoms with van der Waals surface area (Å²) in [6.07, 6.45) is 1.29. The number of carbonyl (C=O) groups excluding carboxylic acids is 1. The molecule has 2 aromatic rings. The largest absolute Gasteiger partial charge is 0.377 e. The first kappa shape index (κ1) is 19.3. The van der Waals surface area contributed by atoms with Gasteiger partial charge in [-0.25, -0.2) is 0 Å². The van der Waals surface area contributed by atoms with Crippen LogP contribution < -0.4 is 5.32 Å². The SMILES string of the molecule is CCOCc1ccccc1CNC(=O)c1ccc(C2SCCCS2)cc1. The molecule has 138 valence electrons. The van der Waals surface area contributed by atoms with Gasteiger partial charge >= 0.3 is 0 Å². The zero-order valence-electron chi connectivity index (χ0n) is 15.1. The Hall–Kier alpha value is -1.43. The third-order valence-electron chi connectivity index (χ3n) is 4.29. The Kier molecular flexibility index (Phi) is 7.47. The molecule has 0 unspecified atom stereocenters. The van der Waals surface area contributed by atoms with Crippen LogP contribution in [0.4, 0.5) is 0 Å². The van der Waals surface area contributed by atoms with Gasteiger partial charge in [0.15, 0.2) is 0 Å². The second-order valence-electron chi connectivity index (χ2n) is 6.14. The highest BCUT2D eigenvalue weighted by atomic mass is 32.2. The van der Waals surface area contributed by atoms with Crippen LogP contribution >= 0.6 is 23.5 Å². The molecule has 1 aliphatic rings. The third kappa shape index (κ3) is 5.29. The molecule has 1 heterocycles. The number of amides is 1. The van der Waals surface area contributed by atoms with Crippen LogP contribution in [0.3, 0.4) is 0 Å². The third-order valence-corrected chi connectivity index (χ3v) is 7.31. The molecule has 26 heavy (non-hydrogen) atoms. The predicted octanol–water partition coefficient (Wildman–Crippen LogP) is 5.02. The van der Waals surface area contributed by atoms with Crippen molar-refractivity contribution in [1.82, 2.24) is 5.32 Å². The Morgan fingerprint density at radius 1 is 1.08 bits per heavy atom. The summed E-state index contributed by atoms with van der Waals surface area (Å²) in [5.74, 6) is 2.41. The normalized spacial score (nSPS) is 15.0. The molecule has 1 N–H and O–H groups in total. The lowest BCUT2D eigenvalue weighted by molar-refractivity contribution is 0.0950. The second kappa shape index (κ2) is 10.0. The van der Waals surface area contributed by atoms with Crippen LogP contribution in [0.1, 0.15) is 45.0 Å². The average Bonchev–Trinajstić information content (AvgIpc) is 2.72. The number of rotatable bonds is 7. The van der Waals surface area contributed by atoms with Crippen LogP contribution in [-0.2, 0) is 17.9 Å². The van der Waals surface area contributed by atoms with E-state index in [2.05, 4.69) is 17.4 Å². The minimum atomic E-state index is -0.0355. The summed E-state index contributed by atoms with van der Waals surface area (Å²) >= 11 is 3.99. The quantitative estimate of drug-likeness (QED) is 0.724. The van der Waals surface area contributed by atoms with Crippen molar-refractivity contribution < 1.29 is 9.53 Å². The van der Waals surface area contributed by atoms with E-state index in [1.54, 1.807) is 0 Å². The topological polar surface area (TPSA) is 38.3 Å². The number of carbonyl (C=O) groups is 1. The summed E-state index contributed by atoms with van der Waals surface area (Å²) in [5.41, 5.74) is 4.23. The fraction of sp³-hybridized carbons (Fsp3) is 0.381. The maximum atomic E-state index is 12.5. The number of hydrogen-bond acceptors (Lipinski definition) is 4. The van der Waals surface area contributed by atoms with Crippen molar-refractivity contribution in [3.05, 3.63) is 70.8 Å². The van der Waals surface area contributed by atoms with Gasteiger partial charge < -0.3 is 10.1 Å². The molecule has 0 bridgehead atoms. The smallest absolute Gasteiger partial charge is 0.251 e. The average molecular weight is 388 g/mol. The van der Waals surface area contributed by atoms with Crippen molar-refractivity contribution >= 4 is 29.4 Å². The molecule has 0 atom stereocenters. The molecule has 5 heteroatoms. The number of nitrogens with one attached hydrogen (secondary N) is 1. The molecule has 1 aliphatic heterocycles. The minimum absolute atomic E-state index is 0.0355. The van der Waals surface area contributed by atoms with Crippen molar-refractivity contribution in [2.75, 3.05) is 18.1 Å². The summed E-state index contributed by atoms with van der Waals surface area (Å²) in [7, 11) is 0. The van der Waals surface area contributed by atoms with Crippen molar-refractivity contribution in [1.29, 1.82) is 0 Å². The molecule has 0 aliphatic carbocycles. The molecular formula is C21H25NO2S2. The van der Waals surface area contributed by atoms with Gasteiger partial charge in [-0.05, 0) is 53.7 Å². The van der Waals surface area contributed by atoms with Crippen LogP contribution in [0, 0.1) is 0 Å². The molecular weight excluding hydrogens is 362 g/mol. The second-order valence-corrected chi connectivity index (χ2v) is 8.86. The maximum Gasteiger partial charge on any atom is 0.251 e. The van der Waals surface area contributed by atoms with Crippen molar-refractivity contribution in [2.45, 2.75) is 31.1 Å². The number of hydrogen-bond donors (Lipinski definition) is 1. The summed E-state index contributed by atoms with van der Waals surface area (Å²) in [5, 5.41) is 3.03. The van der Waals surface area contributed by atoms with E-state index in [0.717, 1.165) is 11.1 Å². The van der Waals surface area contributed by atoms with Gasteiger partial charge in [0.25, 0.3) is 5.91 Å². The number of benzene rings is 2. The fourth-order valence-electron chi connectivity index (χ4n) is 2.83. The molecule has 1 amide bonds. The van der Waals surface area contributed by atoms with Crippen LogP contribution in [0.15, 0.2) is 48.5 Å². The van der Waals surface area contributed by atoms with E-state index in [1.165, 1.54) is 23.5 Å². The van der Waals surface area contributed by atoms with E-state index in [0.29, 0.717) is 29.9 Å². The van der Waals surface area contributed by atoms with E-state index in [-0.39, 0.29) is 5.91 Å². The van der Waals surface area contributed by atoms with E-state index >= 15 is 0 Å². The number of thioether (sulfide) groups is 2. The zero-order valence-corrected chi connectivity index (χ0v) is 16.7. The molecule has 1 saturated heterocycles. The summed E-state index contributed by atoms with van der Waals surface area (Å²) in [6.45, 7) is 3.76. The van der Waals surface area contributed by atoms with Crippen molar-refractivity contribution in [3.8, 4) is 0 Å². The zero-order chi connectivity index (χ0) is 18.2. The molecule has 0 radical (unpaired) electrons. The summed E-state index contributed by atoms with van der Waals surface area (Å²) < 4.78 is 6.01. The first-order chi connectivity index (χ1) is 12.8. The predicted molar refractivity (Wildman–Crippen MR) is 112 cm³/mol. The molecule has 3 rings (SSSR count). The van der Waals surface area contributed by atoms with Gasteiger partial charge in [0.1, 0.15) is 0 Å². The van der Waals surface area contributed by atoms with Crippen molar-refractivity contribution in [2.24, 2.45) is 0 Å². The van der Waals surface area contributed by atoms with Crippen molar-refractivity contribution in [3.63, 3.8) is 0 Å². The Morgan fingerprint density at radius 2 is 1.77 bits per heavy atom. The molecule has 2 aromatic carbocycles. The van der Waals surface area contributed by atoms with Gasteiger partial charge in [-0.1, -0.05) is 36.4 Å². The Bertz CT molecular complexity index is 712. The molecule has 0 saturated carbocycles. The first-order valence-corrected chi connectivity index (χ1v) is 11.1. The lowest BCUT2D eigenvalue weighted by atomic mass is 10.1. The van der Waals surface area contributed by atoms with Gasteiger partial charge in [0.05, 0.1) is 11.2 Å². The fourth-order valence-corrected chi connectivity index (χ4v) is 5.73. The highest BCUT2D eigenvalue weighted by molar-refractivity contribution is 8.16. The van der Waals surface area contributed by atoms with Crippen LogP contribution in [-0.4, -0.2) is 24.0 Å². The summed E-state index contributed by atoms with van der Waals surface area (Å²) in [4.78, 5) is 12.5.